The van der Waals surface area contributed by atoms with Gasteiger partial charge < -0.3 is 9.84 Å². The van der Waals surface area contributed by atoms with Gasteiger partial charge in [-0.25, -0.2) is 9.78 Å². The number of phenols is 1. The SMILES string of the molecule is O=C(Oc1nccs1)c1ccc(O)cc1. The summed E-state index contributed by atoms with van der Waals surface area (Å²) in [6.45, 7) is 0. The van der Waals surface area contributed by atoms with E-state index >= 15 is 0 Å². The lowest BCUT2D eigenvalue weighted by atomic mass is 10.2. The minimum absolute atomic E-state index is 0.112. The first kappa shape index (κ1) is 9.67. The van der Waals surface area contributed by atoms with E-state index in [2.05, 4.69) is 4.98 Å². The van der Waals surface area contributed by atoms with Crippen molar-refractivity contribution < 1.29 is 14.6 Å². The molecule has 0 aliphatic rings. The van der Waals surface area contributed by atoms with Gasteiger partial charge in [-0.1, -0.05) is 11.3 Å². The van der Waals surface area contributed by atoms with E-state index in [9.17, 15) is 4.79 Å². The summed E-state index contributed by atoms with van der Waals surface area (Å²) in [5.74, 6) is -0.370. The minimum atomic E-state index is -0.482. The summed E-state index contributed by atoms with van der Waals surface area (Å²) >= 11 is 1.25. The molecule has 1 heterocycles. The van der Waals surface area contributed by atoms with Crippen molar-refractivity contribution in [3.63, 3.8) is 0 Å². The molecule has 0 aliphatic carbocycles. The molecule has 0 amide bonds. The van der Waals surface area contributed by atoms with Gasteiger partial charge in [-0.05, 0) is 24.3 Å². The number of aromatic hydroxyl groups is 1. The lowest BCUT2D eigenvalue weighted by Crippen LogP contribution is -2.07. The molecule has 76 valence electrons. The molecule has 0 bridgehead atoms. The Balaban J connectivity index is 2.11. The number of hydrogen-bond donors (Lipinski definition) is 1. The molecule has 0 saturated carbocycles. The summed E-state index contributed by atoms with van der Waals surface area (Å²) < 4.78 is 4.97. The molecule has 0 spiro atoms. The zero-order chi connectivity index (χ0) is 10.7. The Morgan fingerprint density at radius 1 is 1.33 bits per heavy atom. The number of aromatic nitrogens is 1. The summed E-state index contributed by atoms with van der Waals surface area (Å²) in [6, 6.07) is 5.84. The number of thiazole rings is 1. The fourth-order valence-corrected chi connectivity index (χ4v) is 1.48. The number of esters is 1. The third-order valence-corrected chi connectivity index (χ3v) is 2.34. The first-order valence-corrected chi connectivity index (χ1v) is 5.04. The number of hydrogen-bond acceptors (Lipinski definition) is 5. The van der Waals surface area contributed by atoms with Crippen LogP contribution in [0.4, 0.5) is 0 Å². The molecule has 0 atom stereocenters. The van der Waals surface area contributed by atoms with Crippen molar-refractivity contribution in [3.05, 3.63) is 41.4 Å². The van der Waals surface area contributed by atoms with Crippen LogP contribution in [0.25, 0.3) is 0 Å². The first-order chi connectivity index (χ1) is 7.25. The van der Waals surface area contributed by atoms with E-state index in [1.807, 2.05) is 0 Å². The Labute approximate surface area is 89.8 Å². The summed E-state index contributed by atoms with van der Waals surface area (Å²) in [6.07, 6.45) is 1.56. The summed E-state index contributed by atoms with van der Waals surface area (Å²) in [4.78, 5) is 15.3. The minimum Gasteiger partial charge on any atom is -0.508 e. The maximum Gasteiger partial charge on any atom is 0.345 e. The highest BCUT2D eigenvalue weighted by Gasteiger charge is 2.09. The van der Waals surface area contributed by atoms with Crippen LogP contribution >= 0.6 is 11.3 Å². The second kappa shape index (κ2) is 4.10. The molecule has 2 rings (SSSR count). The maximum absolute atomic E-state index is 11.5. The van der Waals surface area contributed by atoms with E-state index < -0.39 is 5.97 Å². The summed E-state index contributed by atoms with van der Waals surface area (Å²) in [5.41, 5.74) is 0.378. The molecule has 1 aromatic carbocycles. The standard InChI is InChI=1S/C10H7NO3S/c12-8-3-1-7(2-4-8)9(13)14-10-11-5-6-15-10/h1-6,12H. The van der Waals surface area contributed by atoms with Gasteiger partial charge in [0.15, 0.2) is 0 Å². The molecule has 4 nitrogen and oxygen atoms in total. The lowest BCUT2D eigenvalue weighted by Gasteiger charge is -1.99. The zero-order valence-electron chi connectivity index (χ0n) is 7.58. The van der Waals surface area contributed by atoms with Gasteiger partial charge in [-0.3, -0.25) is 0 Å². The molecule has 15 heavy (non-hydrogen) atoms. The van der Waals surface area contributed by atoms with Crippen LogP contribution in [0.1, 0.15) is 10.4 Å². The van der Waals surface area contributed by atoms with Crippen LogP contribution < -0.4 is 4.74 Å². The van der Waals surface area contributed by atoms with Crippen molar-refractivity contribution in [2.45, 2.75) is 0 Å². The number of benzene rings is 1. The molecule has 0 radical (unpaired) electrons. The van der Waals surface area contributed by atoms with Crippen molar-refractivity contribution in [1.29, 1.82) is 0 Å². The Morgan fingerprint density at radius 2 is 2.07 bits per heavy atom. The van der Waals surface area contributed by atoms with Crippen molar-refractivity contribution in [2.24, 2.45) is 0 Å². The molecule has 1 aromatic heterocycles. The van der Waals surface area contributed by atoms with E-state index in [1.165, 1.54) is 35.6 Å². The van der Waals surface area contributed by atoms with Gasteiger partial charge in [0, 0.05) is 11.6 Å². The van der Waals surface area contributed by atoms with Crippen LogP contribution in [0.3, 0.4) is 0 Å². The van der Waals surface area contributed by atoms with Crippen molar-refractivity contribution in [3.8, 4) is 10.9 Å². The third kappa shape index (κ3) is 2.32. The Bertz CT molecular complexity index is 450. The van der Waals surface area contributed by atoms with Crippen LogP contribution in [0, 0.1) is 0 Å². The lowest BCUT2D eigenvalue weighted by molar-refractivity contribution is 0.0734. The fourth-order valence-electron chi connectivity index (χ4n) is 0.996. The molecule has 2 aromatic rings. The number of rotatable bonds is 2. The topological polar surface area (TPSA) is 59.4 Å². The van der Waals surface area contributed by atoms with Gasteiger partial charge in [0.25, 0.3) is 5.19 Å². The van der Waals surface area contributed by atoms with Gasteiger partial charge in [0.2, 0.25) is 0 Å². The van der Waals surface area contributed by atoms with Crippen LogP contribution in [0.5, 0.6) is 10.9 Å². The van der Waals surface area contributed by atoms with Gasteiger partial charge in [0.05, 0.1) is 5.56 Å². The molecule has 5 heteroatoms. The van der Waals surface area contributed by atoms with Crippen LogP contribution in [-0.4, -0.2) is 16.1 Å². The highest BCUT2D eigenvalue weighted by atomic mass is 32.1. The van der Waals surface area contributed by atoms with Crippen LogP contribution in [0.2, 0.25) is 0 Å². The van der Waals surface area contributed by atoms with Gasteiger partial charge >= 0.3 is 5.97 Å². The van der Waals surface area contributed by atoms with Crippen molar-refractivity contribution in [1.82, 2.24) is 4.98 Å². The second-order valence-corrected chi connectivity index (χ2v) is 3.59. The van der Waals surface area contributed by atoms with Crippen molar-refractivity contribution >= 4 is 17.3 Å². The molecule has 0 saturated heterocycles. The molecular formula is C10H7NO3S. The molecule has 0 fully saturated rings. The highest BCUT2D eigenvalue weighted by Crippen LogP contribution is 2.16. The predicted molar refractivity (Wildman–Crippen MR) is 55.2 cm³/mol. The van der Waals surface area contributed by atoms with Gasteiger partial charge in [-0.2, -0.15) is 0 Å². The second-order valence-electron chi connectivity index (χ2n) is 2.73. The maximum atomic E-state index is 11.5. The highest BCUT2D eigenvalue weighted by molar-refractivity contribution is 7.11. The van der Waals surface area contributed by atoms with E-state index in [0.717, 1.165) is 0 Å². The summed E-state index contributed by atoms with van der Waals surface area (Å²) in [5, 5.41) is 11.1. The number of nitrogens with zero attached hydrogens (tertiary/aromatic N) is 1. The van der Waals surface area contributed by atoms with Crippen LogP contribution in [0.15, 0.2) is 35.8 Å². The number of phenolic OH excluding ortho intramolecular Hbond substituents is 1. The molecule has 0 aliphatic heterocycles. The Morgan fingerprint density at radius 3 is 2.67 bits per heavy atom. The van der Waals surface area contributed by atoms with Crippen molar-refractivity contribution in [2.75, 3.05) is 0 Å². The normalized spacial score (nSPS) is 9.87. The van der Waals surface area contributed by atoms with Gasteiger partial charge in [0.1, 0.15) is 5.75 Å². The number of carbonyl (C=O) groups is 1. The number of ether oxygens (including phenoxy) is 1. The Hall–Kier alpha value is -1.88. The van der Waals surface area contributed by atoms with E-state index in [1.54, 1.807) is 11.6 Å². The largest absolute Gasteiger partial charge is 0.508 e. The van der Waals surface area contributed by atoms with Gasteiger partial charge in [-0.15, -0.1) is 0 Å². The smallest absolute Gasteiger partial charge is 0.345 e. The average Bonchev–Trinajstić information content (AvgIpc) is 2.71. The van der Waals surface area contributed by atoms with E-state index in [4.69, 9.17) is 9.84 Å². The average molecular weight is 221 g/mol. The molecule has 0 unspecified atom stereocenters. The third-order valence-electron chi connectivity index (χ3n) is 1.69. The van der Waals surface area contributed by atoms with E-state index in [0.29, 0.717) is 10.8 Å². The predicted octanol–water partition coefficient (Wildman–Crippen LogP) is 2.07. The molecular weight excluding hydrogens is 214 g/mol. The monoisotopic (exact) mass is 221 g/mol. The summed E-state index contributed by atoms with van der Waals surface area (Å²) in [7, 11) is 0. The van der Waals surface area contributed by atoms with E-state index in [-0.39, 0.29) is 5.75 Å². The fraction of sp³-hybridized carbons (Fsp3) is 0. The Kier molecular flexibility index (Phi) is 2.64. The first-order valence-electron chi connectivity index (χ1n) is 4.16. The zero-order valence-corrected chi connectivity index (χ0v) is 8.40. The number of carbonyl (C=O) groups excluding carboxylic acids is 1. The van der Waals surface area contributed by atoms with Crippen LogP contribution in [-0.2, 0) is 0 Å². The quantitative estimate of drug-likeness (QED) is 0.788. The molecule has 1 N–H and O–H groups in total.